The van der Waals surface area contributed by atoms with Crippen LogP contribution >= 0.6 is 0 Å². The zero-order valence-corrected chi connectivity index (χ0v) is 14.3. The molecule has 0 aliphatic heterocycles. The lowest BCUT2D eigenvalue weighted by molar-refractivity contribution is 0.103. The first-order valence-corrected chi connectivity index (χ1v) is 8.67. The van der Waals surface area contributed by atoms with E-state index in [0.717, 1.165) is 27.8 Å². The fourth-order valence-electron chi connectivity index (χ4n) is 3.16. The summed E-state index contributed by atoms with van der Waals surface area (Å²) in [6.07, 6.45) is 7.86. The highest BCUT2D eigenvalue weighted by molar-refractivity contribution is 6.15. The fraction of sp³-hybridized carbons (Fsp3) is 0. The number of Topliss-reactive ketones (excluding diaryl/α,β-unsaturated/α-hetero) is 1. The summed E-state index contributed by atoms with van der Waals surface area (Å²) in [6.45, 7) is 0. The number of hydrogen-bond acceptors (Lipinski definition) is 1. The quantitative estimate of drug-likeness (QED) is 0.541. The largest absolute Gasteiger partial charge is 0.289 e. The molecule has 0 heterocycles. The highest BCUT2D eigenvalue weighted by Gasteiger charge is 2.16. The van der Waals surface area contributed by atoms with Crippen LogP contribution in [0, 0.1) is 0 Å². The highest BCUT2D eigenvalue weighted by Crippen LogP contribution is 2.26. The summed E-state index contributed by atoms with van der Waals surface area (Å²) in [4.78, 5) is 12.8. The Labute approximate surface area is 153 Å². The van der Waals surface area contributed by atoms with Gasteiger partial charge in [-0.15, -0.1) is 0 Å². The highest BCUT2D eigenvalue weighted by atomic mass is 16.1. The SMILES string of the molecule is O=C1C(=CC=C(c2ccccc2)c2ccccc2)C=Cc2ccccc21. The Kier molecular flexibility index (Phi) is 4.44. The van der Waals surface area contributed by atoms with Crippen molar-refractivity contribution < 1.29 is 4.79 Å². The monoisotopic (exact) mass is 334 g/mol. The summed E-state index contributed by atoms with van der Waals surface area (Å²) in [7, 11) is 0. The van der Waals surface area contributed by atoms with Crippen LogP contribution in [0.2, 0.25) is 0 Å². The van der Waals surface area contributed by atoms with Crippen LogP contribution in [-0.4, -0.2) is 5.78 Å². The van der Waals surface area contributed by atoms with Crippen LogP contribution in [0.4, 0.5) is 0 Å². The predicted octanol–water partition coefficient (Wildman–Crippen LogP) is 5.95. The minimum atomic E-state index is 0.0693. The standard InChI is InChI=1S/C25H18O/c26-25-22(16-15-21-13-7-8-14-24(21)25)17-18-23(19-9-3-1-4-10-19)20-11-5-2-6-12-20/h1-18H. The lowest BCUT2D eigenvalue weighted by Gasteiger charge is -2.12. The maximum Gasteiger partial charge on any atom is 0.193 e. The Morgan fingerprint density at radius 3 is 1.88 bits per heavy atom. The molecule has 1 aliphatic rings. The molecule has 3 aromatic carbocycles. The molecule has 1 nitrogen and oxygen atoms in total. The summed E-state index contributed by atoms with van der Waals surface area (Å²) in [5.74, 6) is 0.0693. The molecular weight excluding hydrogens is 316 g/mol. The van der Waals surface area contributed by atoms with Gasteiger partial charge >= 0.3 is 0 Å². The van der Waals surface area contributed by atoms with Crippen molar-refractivity contribution in [3.8, 4) is 0 Å². The van der Waals surface area contributed by atoms with Gasteiger partial charge in [0, 0.05) is 11.1 Å². The van der Waals surface area contributed by atoms with Crippen LogP contribution in [-0.2, 0) is 0 Å². The number of carbonyl (C=O) groups excluding carboxylic acids is 1. The van der Waals surface area contributed by atoms with E-state index >= 15 is 0 Å². The number of carbonyl (C=O) groups is 1. The molecule has 26 heavy (non-hydrogen) atoms. The average molecular weight is 334 g/mol. The van der Waals surface area contributed by atoms with Crippen molar-refractivity contribution in [2.45, 2.75) is 0 Å². The molecule has 0 spiro atoms. The Hall–Kier alpha value is -3.45. The summed E-state index contributed by atoms with van der Waals surface area (Å²) < 4.78 is 0. The van der Waals surface area contributed by atoms with E-state index < -0.39 is 0 Å². The molecule has 0 saturated heterocycles. The minimum absolute atomic E-state index is 0.0693. The second kappa shape index (κ2) is 7.20. The summed E-state index contributed by atoms with van der Waals surface area (Å²) >= 11 is 0. The summed E-state index contributed by atoms with van der Waals surface area (Å²) in [5, 5.41) is 0. The normalized spacial score (nSPS) is 14.2. The molecule has 1 heteroatoms. The molecule has 0 bridgehead atoms. The first kappa shape index (κ1) is 16.0. The molecule has 0 amide bonds. The predicted molar refractivity (Wildman–Crippen MR) is 108 cm³/mol. The zero-order chi connectivity index (χ0) is 17.8. The van der Waals surface area contributed by atoms with E-state index in [1.54, 1.807) is 0 Å². The van der Waals surface area contributed by atoms with Crippen molar-refractivity contribution in [2.24, 2.45) is 0 Å². The Bertz CT molecular complexity index is 981. The van der Waals surface area contributed by atoms with E-state index in [9.17, 15) is 4.79 Å². The molecule has 1 aliphatic carbocycles. The van der Waals surface area contributed by atoms with Crippen molar-refractivity contribution in [3.63, 3.8) is 0 Å². The number of fused-ring (bicyclic) bond motifs is 1. The van der Waals surface area contributed by atoms with E-state index in [2.05, 4.69) is 24.3 Å². The van der Waals surface area contributed by atoms with Crippen molar-refractivity contribution >= 4 is 17.4 Å². The van der Waals surface area contributed by atoms with Crippen molar-refractivity contribution in [3.05, 3.63) is 131 Å². The van der Waals surface area contributed by atoms with E-state index in [0.29, 0.717) is 5.57 Å². The maximum atomic E-state index is 12.8. The van der Waals surface area contributed by atoms with Gasteiger partial charge in [-0.3, -0.25) is 4.79 Å². The molecule has 124 valence electrons. The van der Waals surface area contributed by atoms with Gasteiger partial charge < -0.3 is 0 Å². The number of rotatable bonds is 3. The van der Waals surface area contributed by atoms with E-state index in [1.807, 2.05) is 85.0 Å². The molecule has 0 fully saturated rings. The lowest BCUT2D eigenvalue weighted by atomic mass is 9.91. The minimum Gasteiger partial charge on any atom is -0.289 e. The maximum absolute atomic E-state index is 12.8. The van der Waals surface area contributed by atoms with Crippen molar-refractivity contribution in [2.75, 3.05) is 0 Å². The van der Waals surface area contributed by atoms with Gasteiger partial charge in [0.25, 0.3) is 0 Å². The van der Waals surface area contributed by atoms with Crippen LogP contribution in [0.1, 0.15) is 27.0 Å². The van der Waals surface area contributed by atoms with Crippen LogP contribution in [0.15, 0.2) is 109 Å². The Morgan fingerprint density at radius 2 is 1.23 bits per heavy atom. The zero-order valence-electron chi connectivity index (χ0n) is 14.3. The van der Waals surface area contributed by atoms with Crippen LogP contribution in [0.25, 0.3) is 11.6 Å². The summed E-state index contributed by atoms with van der Waals surface area (Å²) in [5.41, 5.74) is 5.79. The summed E-state index contributed by atoms with van der Waals surface area (Å²) in [6, 6.07) is 28.2. The molecule has 4 rings (SSSR count). The number of hydrogen-bond donors (Lipinski definition) is 0. The molecule has 0 unspecified atom stereocenters. The number of benzene rings is 3. The van der Waals surface area contributed by atoms with E-state index in [-0.39, 0.29) is 5.78 Å². The molecule has 3 aromatic rings. The topological polar surface area (TPSA) is 17.1 Å². The molecule has 0 radical (unpaired) electrons. The third-order valence-corrected chi connectivity index (χ3v) is 4.51. The second-order valence-corrected chi connectivity index (χ2v) is 6.18. The fourth-order valence-corrected chi connectivity index (χ4v) is 3.16. The van der Waals surface area contributed by atoms with Crippen LogP contribution in [0.5, 0.6) is 0 Å². The van der Waals surface area contributed by atoms with Crippen LogP contribution < -0.4 is 0 Å². The van der Waals surface area contributed by atoms with Gasteiger partial charge in [0.15, 0.2) is 5.78 Å². The van der Waals surface area contributed by atoms with Gasteiger partial charge in [0.05, 0.1) is 0 Å². The first-order valence-electron chi connectivity index (χ1n) is 8.67. The average Bonchev–Trinajstić information content (AvgIpc) is 2.71. The number of ketones is 1. The third-order valence-electron chi connectivity index (χ3n) is 4.51. The molecule has 0 saturated carbocycles. The van der Waals surface area contributed by atoms with Gasteiger partial charge in [0.2, 0.25) is 0 Å². The van der Waals surface area contributed by atoms with Gasteiger partial charge in [-0.05, 0) is 22.3 Å². The lowest BCUT2D eigenvalue weighted by Crippen LogP contribution is -2.07. The first-order chi connectivity index (χ1) is 12.8. The van der Waals surface area contributed by atoms with Crippen molar-refractivity contribution in [1.29, 1.82) is 0 Å². The number of allylic oxidation sites excluding steroid dienone is 4. The van der Waals surface area contributed by atoms with Gasteiger partial charge in [-0.25, -0.2) is 0 Å². The molecule has 0 atom stereocenters. The van der Waals surface area contributed by atoms with Gasteiger partial charge in [-0.2, -0.15) is 0 Å². The Morgan fingerprint density at radius 1 is 0.654 bits per heavy atom. The van der Waals surface area contributed by atoms with E-state index in [4.69, 9.17) is 0 Å². The molecular formula is C25H18O. The Balaban J connectivity index is 1.77. The van der Waals surface area contributed by atoms with E-state index in [1.165, 1.54) is 0 Å². The molecule has 0 aromatic heterocycles. The third kappa shape index (κ3) is 3.20. The smallest absolute Gasteiger partial charge is 0.193 e. The van der Waals surface area contributed by atoms with Gasteiger partial charge in [0.1, 0.15) is 0 Å². The molecule has 0 N–H and O–H groups in total. The van der Waals surface area contributed by atoms with Gasteiger partial charge in [-0.1, -0.05) is 109 Å². The van der Waals surface area contributed by atoms with Crippen LogP contribution in [0.3, 0.4) is 0 Å². The van der Waals surface area contributed by atoms with Crippen molar-refractivity contribution in [1.82, 2.24) is 0 Å². The second-order valence-electron chi connectivity index (χ2n) is 6.18.